The minimum Gasteiger partial charge on any atom is -0.480 e. The van der Waals surface area contributed by atoms with Gasteiger partial charge in [-0.3, -0.25) is 19.3 Å². The van der Waals surface area contributed by atoms with Crippen molar-refractivity contribution < 1.29 is 24.3 Å². The van der Waals surface area contributed by atoms with Gasteiger partial charge in [-0.05, 0) is 13.3 Å². The Balaban J connectivity index is 2.83. The van der Waals surface area contributed by atoms with E-state index >= 15 is 0 Å². The highest BCUT2D eigenvalue weighted by Gasteiger charge is 2.42. The SMILES string of the molecule is CCCC(NC(=O)C(C)N1C(=O)C(Cl)=C(Cl)C1=O)C(=O)O. The average Bonchev–Trinajstić information content (AvgIpc) is 2.61. The summed E-state index contributed by atoms with van der Waals surface area (Å²) in [5, 5.41) is 10.3. The van der Waals surface area contributed by atoms with Crippen molar-refractivity contribution in [2.24, 2.45) is 0 Å². The normalized spacial score (nSPS) is 18.0. The molecule has 116 valence electrons. The quantitative estimate of drug-likeness (QED) is 0.698. The van der Waals surface area contributed by atoms with Crippen LogP contribution in [0.15, 0.2) is 10.1 Å². The van der Waals surface area contributed by atoms with Crippen LogP contribution in [0.1, 0.15) is 26.7 Å². The van der Waals surface area contributed by atoms with Crippen molar-refractivity contribution >= 4 is 46.9 Å². The van der Waals surface area contributed by atoms with Crippen LogP contribution in [0.25, 0.3) is 0 Å². The maximum Gasteiger partial charge on any atom is 0.326 e. The molecule has 9 heteroatoms. The zero-order valence-electron chi connectivity index (χ0n) is 11.4. The third-order valence-corrected chi connectivity index (χ3v) is 3.76. The van der Waals surface area contributed by atoms with E-state index < -0.39 is 45.8 Å². The van der Waals surface area contributed by atoms with E-state index in [0.29, 0.717) is 11.3 Å². The van der Waals surface area contributed by atoms with E-state index in [1.165, 1.54) is 6.92 Å². The van der Waals surface area contributed by atoms with Gasteiger partial charge in [0.2, 0.25) is 5.91 Å². The second kappa shape index (κ2) is 6.91. The molecule has 2 atom stereocenters. The lowest BCUT2D eigenvalue weighted by Crippen LogP contribution is -2.52. The Bertz CT molecular complexity index is 508. The fourth-order valence-electron chi connectivity index (χ4n) is 1.80. The van der Waals surface area contributed by atoms with Crippen molar-refractivity contribution in [1.29, 1.82) is 0 Å². The van der Waals surface area contributed by atoms with E-state index in [9.17, 15) is 19.2 Å². The topological polar surface area (TPSA) is 104 Å². The summed E-state index contributed by atoms with van der Waals surface area (Å²) in [6.45, 7) is 3.05. The zero-order valence-corrected chi connectivity index (χ0v) is 12.9. The smallest absolute Gasteiger partial charge is 0.326 e. The average molecular weight is 337 g/mol. The summed E-state index contributed by atoms with van der Waals surface area (Å²) in [7, 11) is 0. The fourth-order valence-corrected chi connectivity index (χ4v) is 2.14. The number of aliphatic carboxylic acids is 1. The van der Waals surface area contributed by atoms with Crippen LogP contribution in [0.4, 0.5) is 0 Å². The molecule has 0 saturated heterocycles. The largest absolute Gasteiger partial charge is 0.480 e. The molecule has 0 saturated carbocycles. The number of carbonyl (C=O) groups excluding carboxylic acids is 3. The predicted octanol–water partition coefficient (Wildman–Crippen LogP) is 0.802. The summed E-state index contributed by atoms with van der Waals surface area (Å²) in [4.78, 5) is 47.1. The number of imide groups is 1. The molecule has 1 rings (SSSR count). The molecule has 0 aliphatic carbocycles. The van der Waals surface area contributed by atoms with Gasteiger partial charge >= 0.3 is 5.97 Å². The van der Waals surface area contributed by atoms with Crippen LogP contribution >= 0.6 is 23.2 Å². The second-order valence-corrected chi connectivity index (χ2v) is 5.23. The molecule has 0 spiro atoms. The molecule has 0 aromatic carbocycles. The maximum absolute atomic E-state index is 12.0. The molecule has 1 aliphatic heterocycles. The summed E-state index contributed by atoms with van der Waals surface area (Å²) < 4.78 is 0. The number of amides is 3. The van der Waals surface area contributed by atoms with Gasteiger partial charge in [-0.2, -0.15) is 0 Å². The molecule has 3 amide bonds. The predicted molar refractivity (Wildman–Crippen MR) is 74.5 cm³/mol. The summed E-state index contributed by atoms with van der Waals surface area (Å²) in [6.07, 6.45) is 0.780. The summed E-state index contributed by atoms with van der Waals surface area (Å²) >= 11 is 11.1. The van der Waals surface area contributed by atoms with Crippen molar-refractivity contribution in [1.82, 2.24) is 10.2 Å². The second-order valence-electron chi connectivity index (χ2n) is 4.47. The van der Waals surface area contributed by atoms with Gasteiger partial charge in [0.05, 0.1) is 0 Å². The molecule has 0 bridgehead atoms. The fraction of sp³-hybridized carbons (Fsp3) is 0.500. The molecule has 7 nitrogen and oxygen atoms in total. The summed E-state index contributed by atoms with van der Waals surface area (Å²) in [5.74, 6) is -3.72. The van der Waals surface area contributed by atoms with Gasteiger partial charge < -0.3 is 10.4 Å². The Kier molecular flexibility index (Phi) is 5.74. The van der Waals surface area contributed by atoms with Gasteiger partial charge in [0.15, 0.2) is 0 Å². The van der Waals surface area contributed by atoms with Crippen molar-refractivity contribution in [3.05, 3.63) is 10.1 Å². The van der Waals surface area contributed by atoms with Gasteiger partial charge in [0.25, 0.3) is 11.8 Å². The lowest BCUT2D eigenvalue weighted by atomic mass is 10.1. The number of hydrogen-bond acceptors (Lipinski definition) is 4. The molecule has 0 fully saturated rings. The van der Waals surface area contributed by atoms with Gasteiger partial charge in [0.1, 0.15) is 22.1 Å². The summed E-state index contributed by atoms with van der Waals surface area (Å²) in [6, 6.07) is -2.30. The van der Waals surface area contributed by atoms with Crippen molar-refractivity contribution in [2.75, 3.05) is 0 Å². The number of rotatable bonds is 6. The van der Waals surface area contributed by atoms with Gasteiger partial charge in [-0.1, -0.05) is 36.5 Å². The first-order valence-electron chi connectivity index (χ1n) is 6.18. The Morgan fingerprint density at radius 3 is 2.10 bits per heavy atom. The number of halogens is 2. The van der Waals surface area contributed by atoms with Crippen LogP contribution in [-0.2, 0) is 19.2 Å². The van der Waals surface area contributed by atoms with E-state index in [1.54, 1.807) is 6.92 Å². The first-order chi connectivity index (χ1) is 9.72. The van der Waals surface area contributed by atoms with Crippen LogP contribution in [0.2, 0.25) is 0 Å². The highest BCUT2D eigenvalue weighted by Crippen LogP contribution is 2.28. The number of hydrogen-bond donors (Lipinski definition) is 2. The number of nitrogens with one attached hydrogen (secondary N) is 1. The standard InChI is InChI=1S/C12H14Cl2N2O5/c1-3-4-6(12(20)21)15-9(17)5(2)16-10(18)7(13)8(14)11(16)19/h5-6H,3-4H2,1-2H3,(H,15,17)(H,20,21). The van der Waals surface area contributed by atoms with Gasteiger partial charge in [-0.25, -0.2) is 4.79 Å². The molecule has 2 unspecified atom stereocenters. The van der Waals surface area contributed by atoms with Gasteiger partial charge in [0, 0.05) is 0 Å². The van der Waals surface area contributed by atoms with E-state index in [0.717, 1.165) is 0 Å². The van der Waals surface area contributed by atoms with Crippen molar-refractivity contribution in [2.45, 2.75) is 38.8 Å². The van der Waals surface area contributed by atoms with Crippen LogP contribution in [0.5, 0.6) is 0 Å². The Hall–Kier alpha value is -1.60. The van der Waals surface area contributed by atoms with E-state index in [2.05, 4.69) is 5.32 Å². The molecule has 21 heavy (non-hydrogen) atoms. The Morgan fingerprint density at radius 2 is 1.71 bits per heavy atom. The molecular weight excluding hydrogens is 323 g/mol. The van der Waals surface area contributed by atoms with Crippen LogP contribution in [0.3, 0.4) is 0 Å². The molecule has 0 aromatic heterocycles. The Morgan fingerprint density at radius 1 is 1.24 bits per heavy atom. The maximum atomic E-state index is 12.0. The molecular formula is C12H14Cl2N2O5. The molecule has 0 aromatic rings. The van der Waals surface area contributed by atoms with Crippen LogP contribution in [0, 0.1) is 0 Å². The monoisotopic (exact) mass is 336 g/mol. The number of carbonyl (C=O) groups is 4. The van der Waals surface area contributed by atoms with E-state index in [-0.39, 0.29) is 6.42 Å². The minimum absolute atomic E-state index is 0.232. The third kappa shape index (κ3) is 3.54. The molecule has 2 N–H and O–H groups in total. The Labute approximate surface area is 130 Å². The third-order valence-electron chi connectivity index (χ3n) is 2.96. The van der Waals surface area contributed by atoms with Crippen LogP contribution < -0.4 is 5.32 Å². The lowest BCUT2D eigenvalue weighted by Gasteiger charge is -2.23. The molecule has 0 radical (unpaired) electrons. The zero-order chi connectivity index (χ0) is 16.3. The lowest BCUT2D eigenvalue weighted by molar-refractivity contribution is -0.146. The minimum atomic E-state index is -1.21. The van der Waals surface area contributed by atoms with Crippen molar-refractivity contribution in [3.8, 4) is 0 Å². The van der Waals surface area contributed by atoms with Gasteiger partial charge in [-0.15, -0.1) is 0 Å². The number of carboxylic acid groups (broad SMARTS) is 1. The molecule has 1 aliphatic rings. The first kappa shape index (κ1) is 17.5. The van der Waals surface area contributed by atoms with E-state index in [4.69, 9.17) is 28.3 Å². The van der Waals surface area contributed by atoms with E-state index in [1.807, 2.05) is 0 Å². The molecule has 1 heterocycles. The number of carboxylic acids is 1. The summed E-state index contributed by atoms with van der Waals surface area (Å²) in [5.41, 5.74) is 0. The number of nitrogens with zero attached hydrogens (tertiary/aromatic N) is 1. The highest BCUT2D eigenvalue weighted by molar-refractivity contribution is 6.58. The van der Waals surface area contributed by atoms with Crippen molar-refractivity contribution in [3.63, 3.8) is 0 Å². The van der Waals surface area contributed by atoms with Crippen LogP contribution in [-0.4, -0.2) is 45.8 Å². The first-order valence-corrected chi connectivity index (χ1v) is 6.94. The highest BCUT2D eigenvalue weighted by atomic mass is 35.5.